The Kier molecular flexibility index (Phi) is 4.63. The highest BCUT2D eigenvalue weighted by molar-refractivity contribution is 5.97. The Morgan fingerprint density at radius 1 is 1.26 bits per heavy atom. The van der Waals surface area contributed by atoms with Crippen LogP contribution >= 0.6 is 0 Å². The first kappa shape index (κ1) is 15.2. The molecule has 1 aliphatic heterocycles. The summed E-state index contributed by atoms with van der Waals surface area (Å²) in [6.07, 6.45) is 3.19. The molecule has 118 valence electrons. The van der Waals surface area contributed by atoms with Gasteiger partial charge in [0.2, 0.25) is 11.8 Å². The molecule has 6 nitrogen and oxygen atoms in total. The lowest BCUT2D eigenvalue weighted by molar-refractivity contribution is -0.154. The average molecular weight is 311 g/mol. The summed E-state index contributed by atoms with van der Waals surface area (Å²) >= 11 is 0. The minimum Gasteiger partial charge on any atom is -0.369 e. The van der Waals surface area contributed by atoms with Crippen molar-refractivity contribution in [1.29, 1.82) is 0 Å². The van der Waals surface area contributed by atoms with Crippen LogP contribution in [0.4, 0.5) is 5.69 Å². The third kappa shape index (κ3) is 3.73. The second-order valence-corrected chi connectivity index (χ2v) is 5.27. The van der Waals surface area contributed by atoms with Crippen molar-refractivity contribution in [3.05, 3.63) is 60.4 Å². The van der Waals surface area contributed by atoms with Crippen molar-refractivity contribution in [3.8, 4) is 0 Å². The standard InChI is InChI=1S/C17H17N3O3/c21-16-12-23-11-15(17(22)19-14-7-4-8-18-9-14)20(16)10-13-5-2-1-3-6-13/h1-9,15H,10-12H2,(H,19,22)/t15-/m1/s1. The van der Waals surface area contributed by atoms with Crippen LogP contribution < -0.4 is 5.32 Å². The molecule has 1 aromatic carbocycles. The number of morpholine rings is 1. The van der Waals surface area contributed by atoms with E-state index in [4.69, 9.17) is 4.74 Å². The predicted molar refractivity (Wildman–Crippen MR) is 84.5 cm³/mol. The monoisotopic (exact) mass is 311 g/mol. The summed E-state index contributed by atoms with van der Waals surface area (Å²) in [5.41, 5.74) is 1.57. The zero-order valence-electron chi connectivity index (χ0n) is 12.5. The van der Waals surface area contributed by atoms with Crippen LogP contribution in [0.2, 0.25) is 0 Å². The Morgan fingerprint density at radius 2 is 2.09 bits per heavy atom. The van der Waals surface area contributed by atoms with Gasteiger partial charge in [0, 0.05) is 12.7 Å². The second kappa shape index (κ2) is 7.02. The topological polar surface area (TPSA) is 71.5 Å². The SMILES string of the molecule is O=C(Nc1cccnc1)[C@H]1COCC(=O)N1Cc1ccccc1. The molecule has 1 N–H and O–H groups in total. The van der Waals surface area contributed by atoms with Gasteiger partial charge in [0.05, 0.1) is 18.5 Å². The summed E-state index contributed by atoms with van der Waals surface area (Å²) in [6, 6.07) is 12.4. The molecule has 2 aromatic rings. The van der Waals surface area contributed by atoms with Crippen molar-refractivity contribution in [1.82, 2.24) is 9.88 Å². The number of amides is 2. The van der Waals surface area contributed by atoms with Crippen molar-refractivity contribution >= 4 is 17.5 Å². The molecule has 0 saturated carbocycles. The zero-order valence-corrected chi connectivity index (χ0v) is 12.5. The number of anilines is 1. The van der Waals surface area contributed by atoms with Crippen LogP contribution in [0.25, 0.3) is 0 Å². The van der Waals surface area contributed by atoms with Gasteiger partial charge >= 0.3 is 0 Å². The molecule has 0 radical (unpaired) electrons. The lowest BCUT2D eigenvalue weighted by Crippen LogP contribution is -2.54. The van der Waals surface area contributed by atoms with Crippen LogP contribution in [-0.4, -0.2) is 41.0 Å². The summed E-state index contributed by atoms with van der Waals surface area (Å²) < 4.78 is 5.25. The van der Waals surface area contributed by atoms with E-state index in [0.717, 1.165) is 5.56 Å². The minimum atomic E-state index is -0.656. The van der Waals surface area contributed by atoms with Crippen molar-refractivity contribution < 1.29 is 14.3 Å². The quantitative estimate of drug-likeness (QED) is 0.927. The van der Waals surface area contributed by atoms with Gasteiger partial charge in [-0.05, 0) is 17.7 Å². The highest BCUT2D eigenvalue weighted by Gasteiger charge is 2.34. The van der Waals surface area contributed by atoms with Gasteiger partial charge in [-0.3, -0.25) is 14.6 Å². The van der Waals surface area contributed by atoms with E-state index >= 15 is 0 Å². The van der Waals surface area contributed by atoms with Gasteiger partial charge in [0.25, 0.3) is 0 Å². The van der Waals surface area contributed by atoms with Gasteiger partial charge in [-0.1, -0.05) is 30.3 Å². The number of rotatable bonds is 4. The number of carbonyl (C=O) groups is 2. The maximum atomic E-state index is 12.5. The predicted octanol–water partition coefficient (Wildman–Crippen LogP) is 1.45. The van der Waals surface area contributed by atoms with E-state index in [0.29, 0.717) is 12.2 Å². The molecule has 1 aliphatic rings. The molecule has 2 heterocycles. The van der Waals surface area contributed by atoms with Crippen LogP contribution in [-0.2, 0) is 20.9 Å². The highest BCUT2D eigenvalue weighted by Crippen LogP contribution is 2.15. The van der Waals surface area contributed by atoms with Crippen LogP contribution in [0.5, 0.6) is 0 Å². The molecule has 1 fully saturated rings. The summed E-state index contributed by atoms with van der Waals surface area (Å²) in [5.74, 6) is -0.464. The van der Waals surface area contributed by atoms with Crippen LogP contribution in [0.1, 0.15) is 5.56 Å². The molecule has 1 saturated heterocycles. The molecule has 1 atom stereocenters. The number of benzene rings is 1. The molecule has 0 bridgehead atoms. The number of nitrogens with one attached hydrogen (secondary N) is 1. The molecule has 0 unspecified atom stereocenters. The molecule has 1 aromatic heterocycles. The number of hydrogen-bond acceptors (Lipinski definition) is 4. The van der Waals surface area contributed by atoms with E-state index in [1.807, 2.05) is 30.3 Å². The molecule has 0 spiro atoms. The van der Waals surface area contributed by atoms with E-state index in [2.05, 4.69) is 10.3 Å². The lowest BCUT2D eigenvalue weighted by atomic mass is 10.1. The van der Waals surface area contributed by atoms with Gasteiger partial charge in [-0.25, -0.2) is 0 Å². The fourth-order valence-electron chi connectivity index (χ4n) is 2.46. The summed E-state index contributed by atoms with van der Waals surface area (Å²) in [7, 11) is 0. The van der Waals surface area contributed by atoms with Gasteiger partial charge in [0.15, 0.2) is 0 Å². The Morgan fingerprint density at radius 3 is 2.83 bits per heavy atom. The second-order valence-electron chi connectivity index (χ2n) is 5.27. The molecule has 6 heteroatoms. The maximum Gasteiger partial charge on any atom is 0.249 e. The Balaban J connectivity index is 1.75. The Labute approximate surface area is 134 Å². The Hall–Kier alpha value is -2.73. The number of aromatic nitrogens is 1. The van der Waals surface area contributed by atoms with E-state index in [-0.39, 0.29) is 25.0 Å². The first-order valence-corrected chi connectivity index (χ1v) is 7.36. The van der Waals surface area contributed by atoms with Crippen molar-refractivity contribution in [2.45, 2.75) is 12.6 Å². The first-order valence-electron chi connectivity index (χ1n) is 7.36. The van der Waals surface area contributed by atoms with E-state index in [1.165, 1.54) is 0 Å². The van der Waals surface area contributed by atoms with Crippen LogP contribution in [0, 0.1) is 0 Å². The summed E-state index contributed by atoms with van der Waals surface area (Å²) in [5, 5.41) is 2.77. The van der Waals surface area contributed by atoms with E-state index < -0.39 is 6.04 Å². The normalized spacial score (nSPS) is 17.8. The maximum absolute atomic E-state index is 12.5. The third-order valence-electron chi connectivity index (χ3n) is 3.63. The summed E-state index contributed by atoms with van der Waals surface area (Å²) in [6.45, 7) is 0.572. The largest absolute Gasteiger partial charge is 0.369 e. The lowest BCUT2D eigenvalue weighted by Gasteiger charge is -2.34. The number of hydrogen-bond donors (Lipinski definition) is 1. The zero-order chi connectivity index (χ0) is 16.1. The average Bonchev–Trinajstić information content (AvgIpc) is 2.58. The van der Waals surface area contributed by atoms with Gasteiger partial charge < -0.3 is 15.0 Å². The molecular weight excluding hydrogens is 294 g/mol. The number of pyridine rings is 1. The van der Waals surface area contributed by atoms with Gasteiger partial charge in [-0.2, -0.15) is 0 Å². The molecule has 23 heavy (non-hydrogen) atoms. The third-order valence-corrected chi connectivity index (χ3v) is 3.63. The molecule has 3 rings (SSSR count). The summed E-state index contributed by atoms with van der Waals surface area (Å²) in [4.78, 5) is 30.2. The first-order chi connectivity index (χ1) is 11.2. The van der Waals surface area contributed by atoms with Gasteiger partial charge in [-0.15, -0.1) is 0 Å². The molecule has 2 amide bonds. The van der Waals surface area contributed by atoms with Crippen LogP contribution in [0.15, 0.2) is 54.9 Å². The van der Waals surface area contributed by atoms with E-state index in [1.54, 1.807) is 29.4 Å². The molecular formula is C17H17N3O3. The number of carbonyl (C=O) groups excluding carboxylic acids is 2. The smallest absolute Gasteiger partial charge is 0.249 e. The van der Waals surface area contributed by atoms with Crippen molar-refractivity contribution in [2.24, 2.45) is 0 Å². The number of nitrogens with zero attached hydrogens (tertiary/aromatic N) is 2. The highest BCUT2D eigenvalue weighted by atomic mass is 16.5. The fourth-order valence-corrected chi connectivity index (χ4v) is 2.46. The van der Waals surface area contributed by atoms with Crippen molar-refractivity contribution in [2.75, 3.05) is 18.5 Å². The van der Waals surface area contributed by atoms with Gasteiger partial charge in [0.1, 0.15) is 12.6 Å². The van der Waals surface area contributed by atoms with Crippen LogP contribution in [0.3, 0.4) is 0 Å². The Bertz CT molecular complexity index is 676. The van der Waals surface area contributed by atoms with E-state index in [9.17, 15) is 9.59 Å². The number of ether oxygens (including phenoxy) is 1. The van der Waals surface area contributed by atoms with Crippen molar-refractivity contribution in [3.63, 3.8) is 0 Å². The molecule has 0 aliphatic carbocycles. The minimum absolute atomic E-state index is 0.00348. The fraction of sp³-hybridized carbons (Fsp3) is 0.235.